The highest BCUT2D eigenvalue weighted by Crippen LogP contribution is 2.43. The van der Waals surface area contributed by atoms with Crippen LogP contribution in [0.5, 0.6) is 0 Å². The maximum atomic E-state index is 12.6. The van der Waals surface area contributed by atoms with Crippen LogP contribution in [0.3, 0.4) is 0 Å². The molecule has 0 spiro atoms. The number of carbonyl (C=O) groups excluding carboxylic acids is 1. The maximum absolute atomic E-state index is 12.6. The van der Waals surface area contributed by atoms with Gasteiger partial charge in [0, 0.05) is 11.3 Å². The standard InChI is InChI=1S/C11H7BrF6OS/c12-5-7(19)3-6-1-2-8(10(13,14)15)9(4-6)20-11(16,17)18/h1-2,4H,3,5H2. The smallest absolute Gasteiger partial charge is 0.298 e. The van der Waals surface area contributed by atoms with Gasteiger partial charge in [-0.05, 0) is 29.5 Å². The van der Waals surface area contributed by atoms with E-state index in [9.17, 15) is 31.1 Å². The van der Waals surface area contributed by atoms with Gasteiger partial charge in [-0.25, -0.2) is 0 Å². The van der Waals surface area contributed by atoms with Gasteiger partial charge in [0.05, 0.1) is 10.9 Å². The molecular formula is C11H7BrF6OS. The topological polar surface area (TPSA) is 17.1 Å². The van der Waals surface area contributed by atoms with E-state index in [4.69, 9.17) is 0 Å². The van der Waals surface area contributed by atoms with Crippen molar-refractivity contribution < 1.29 is 31.1 Å². The van der Waals surface area contributed by atoms with Gasteiger partial charge in [0.1, 0.15) is 5.78 Å². The van der Waals surface area contributed by atoms with E-state index in [2.05, 4.69) is 15.9 Å². The van der Waals surface area contributed by atoms with Crippen molar-refractivity contribution in [1.29, 1.82) is 0 Å². The number of benzene rings is 1. The first-order valence-corrected chi connectivity index (χ1v) is 7.00. The summed E-state index contributed by atoms with van der Waals surface area (Å²) in [4.78, 5) is 10.2. The molecule has 0 amide bonds. The highest BCUT2D eigenvalue weighted by atomic mass is 79.9. The van der Waals surface area contributed by atoms with Gasteiger partial charge in [-0.2, -0.15) is 26.3 Å². The van der Waals surface area contributed by atoms with Crippen molar-refractivity contribution in [2.45, 2.75) is 23.0 Å². The first-order chi connectivity index (χ1) is 9.03. The van der Waals surface area contributed by atoms with Gasteiger partial charge in [-0.1, -0.05) is 22.0 Å². The van der Waals surface area contributed by atoms with Crippen LogP contribution in [-0.4, -0.2) is 16.6 Å². The molecule has 9 heteroatoms. The molecule has 0 heterocycles. The molecular weight excluding hydrogens is 374 g/mol. The molecule has 0 aromatic heterocycles. The monoisotopic (exact) mass is 380 g/mol. The highest BCUT2D eigenvalue weighted by Gasteiger charge is 2.38. The first kappa shape index (κ1) is 17.4. The van der Waals surface area contributed by atoms with Gasteiger partial charge in [0.25, 0.3) is 0 Å². The highest BCUT2D eigenvalue weighted by molar-refractivity contribution is 9.09. The van der Waals surface area contributed by atoms with Gasteiger partial charge in [0.2, 0.25) is 0 Å². The summed E-state index contributed by atoms with van der Waals surface area (Å²) in [6, 6.07) is 2.32. The molecule has 0 unspecified atom stereocenters. The molecule has 0 N–H and O–H groups in total. The Kier molecular flexibility index (Phi) is 5.54. The molecule has 0 bridgehead atoms. The molecule has 0 saturated carbocycles. The number of hydrogen-bond acceptors (Lipinski definition) is 2. The summed E-state index contributed by atoms with van der Waals surface area (Å²) in [5.74, 6) is -0.340. The minimum Gasteiger partial charge on any atom is -0.298 e. The minimum atomic E-state index is -4.88. The largest absolute Gasteiger partial charge is 0.446 e. The predicted octanol–water partition coefficient (Wildman–Crippen LogP) is 4.82. The number of ketones is 1. The second kappa shape index (κ2) is 6.38. The van der Waals surface area contributed by atoms with Crippen LogP contribution in [0.25, 0.3) is 0 Å². The maximum Gasteiger partial charge on any atom is 0.446 e. The van der Waals surface area contributed by atoms with Crippen LogP contribution >= 0.6 is 27.7 Å². The lowest BCUT2D eigenvalue weighted by Crippen LogP contribution is -2.11. The Hall–Kier alpha value is -0.700. The van der Waals surface area contributed by atoms with Gasteiger partial charge in [-0.3, -0.25) is 4.79 Å². The molecule has 0 radical (unpaired) electrons. The Morgan fingerprint density at radius 3 is 2.20 bits per heavy atom. The Morgan fingerprint density at radius 2 is 1.75 bits per heavy atom. The van der Waals surface area contributed by atoms with E-state index in [1.54, 1.807) is 0 Å². The lowest BCUT2D eigenvalue weighted by molar-refractivity contribution is -0.139. The molecule has 112 valence electrons. The van der Waals surface area contributed by atoms with Gasteiger partial charge in [0.15, 0.2) is 0 Å². The quantitative estimate of drug-likeness (QED) is 0.423. The summed E-state index contributed by atoms with van der Waals surface area (Å²) in [5, 5.41) is -0.0181. The molecule has 20 heavy (non-hydrogen) atoms. The van der Waals surface area contributed by atoms with E-state index in [0.29, 0.717) is 6.07 Å². The molecule has 0 saturated heterocycles. The van der Waals surface area contributed by atoms with E-state index >= 15 is 0 Å². The second-order valence-electron chi connectivity index (χ2n) is 3.73. The molecule has 1 aromatic carbocycles. The molecule has 0 aliphatic carbocycles. The zero-order valence-corrected chi connectivity index (χ0v) is 12.0. The lowest BCUT2D eigenvalue weighted by Gasteiger charge is -2.15. The summed E-state index contributed by atoms with van der Waals surface area (Å²) in [6.07, 6.45) is -5.11. The second-order valence-corrected chi connectivity index (χ2v) is 5.39. The molecule has 0 aliphatic heterocycles. The molecule has 1 nitrogen and oxygen atoms in total. The van der Waals surface area contributed by atoms with Crippen molar-refractivity contribution in [2.75, 3.05) is 5.33 Å². The summed E-state index contributed by atoms with van der Waals surface area (Å²) < 4.78 is 74.8. The number of rotatable bonds is 4. The number of thioether (sulfide) groups is 1. The normalized spacial score (nSPS) is 12.6. The van der Waals surface area contributed by atoms with E-state index in [-0.39, 0.29) is 23.1 Å². The number of Topliss-reactive ketones (excluding diaryl/α,β-unsaturated/α-hetero) is 1. The van der Waals surface area contributed by atoms with Crippen LogP contribution < -0.4 is 0 Å². The van der Waals surface area contributed by atoms with Gasteiger partial charge < -0.3 is 0 Å². The van der Waals surface area contributed by atoms with E-state index in [1.165, 1.54) is 0 Å². The summed E-state index contributed by atoms with van der Waals surface area (Å²) >= 11 is 2.03. The van der Waals surface area contributed by atoms with Crippen molar-refractivity contribution in [1.82, 2.24) is 0 Å². The van der Waals surface area contributed by atoms with Crippen LogP contribution in [0.2, 0.25) is 0 Å². The fourth-order valence-corrected chi connectivity index (χ4v) is 2.35. The van der Waals surface area contributed by atoms with Crippen molar-refractivity contribution in [3.05, 3.63) is 29.3 Å². The molecule has 1 aromatic rings. The SMILES string of the molecule is O=C(CBr)Cc1ccc(C(F)(F)F)c(SC(F)(F)F)c1. The number of halogens is 7. The van der Waals surface area contributed by atoms with E-state index in [1.807, 2.05) is 0 Å². The fraction of sp³-hybridized carbons (Fsp3) is 0.364. The van der Waals surface area contributed by atoms with Crippen LogP contribution in [0.15, 0.2) is 23.1 Å². The van der Waals surface area contributed by atoms with Crippen molar-refractivity contribution >= 4 is 33.5 Å². The third-order valence-electron chi connectivity index (χ3n) is 2.13. The molecule has 0 fully saturated rings. The Labute approximate surface area is 122 Å². The Balaban J connectivity index is 3.18. The van der Waals surface area contributed by atoms with E-state index < -0.39 is 33.9 Å². The summed E-state index contributed by atoms with van der Waals surface area (Å²) in [7, 11) is 0. The number of alkyl halides is 7. The van der Waals surface area contributed by atoms with Crippen LogP contribution in [0, 0.1) is 0 Å². The van der Waals surface area contributed by atoms with Crippen molar-refractivity contribution in [3.8, 4) is 0 Å². The summed E-state index contributed by atoms with van der Waals surface area (Å²) in [5.41, 5.74) is -6.10. The fourth-order valence-electron chi connectivity index (χ4n) is 1.39. The zero-order valence-electron chi connectivity index (χ0n) is 9.61. The lowest BCUT2D eigenvalue weighted by atomic mass is 10.1. The third kappa shape index (κ3) is 5.35. The predicted molar refractivity (Wildman–Crippen MR) is 65.9 cm³/mol. The van der Waals surface area contributed by atoms with Crippen LogP contribution in [0.1, 0.15) is 11.1 Å². The minimum absolute atomic E-state index is 0.0181. The zero-order chi connectivity index (χ0) is 15.6. The molecule has 0 atom stereocenters. The van der Waals surface area contributed by atoms with Crippen LogP contribution in [0.4, 0.5) is 26.3 Å². The molecule has 1 rings (SSSR count). The van der Waals surface area contributed by atoms with E-state index in [0.717, 1.165) is 12.1 Å². The number of hydrogen-bond donors (Lipinski definition) is 0. The van der Waals surface area contributed by atoms with Crippen LogP contribution in [-0.2, 0) is 17.4 Å². The molecule has 0 aliphatic rings. The third-order valence-corrected chi connectivity index (χ3v) is 3.54. The summed E-state index contributed by atoms with van der Waals surface area (Å²) in [6.45, 7) is 0. The Bertz CT molecular complexity index is 497. The van der Waals surface area contributed by atoms with Gasteiger partial charge in [-0.15, -0.1) is 0 Å². The van der Waals surface area contributed by atoms with Crippen molar-refractivity contribution in [3.63, 3.8) is 0 Å². The Morgan fingerprint density at radius 1 is 1.15 bits per heavy atom. The van der Waals surface area contributed by atoms with Crippen molar-refractivity contribution in [2.24, 2.45) is 0 Å². The first-order valence-electron chi connectivity index (χ1n) is 5.06. The average Bonchev–Trinajstić information content (AvgIpc) is 2.25. The van der Waals surface area contributed by atoms with Gasteiger partial charge >= 0.3 is 11.7 Å². The average molecular weight is 381 g/mol. The number of carbonyl (C=O) groups is 1.